The molecule has 0 bridgehead atoms. The summed E-state index contributed by atoms with van der Waals surface area (Å²) >= 11 is 6.44. The van der Waals surface area contributed by atoms with Crippen LogP contribution in [-0.2, 0) is 32.6 Å². The summed E-state index contributed by atoms with van der Waals surface area (Å²) in [6.07, 6.45) is 4.92. The summed E-state index contributed by atoms with van der Waals surface area (Å²) in [6, 6.07) is 27.0. The molecule has 0 saturated heterocycles. The Bertz CT molecular complexity index is 1780. The van der Waals surface area contributed by atoms with Crippen LogP contribution in [0.25, 0.3) is 0 Å². The molecule has 7 nitrogen and oxygen atoms in total. The van der Waals surface area contributed by atoms with Gasteiger partial charge in [0.1, 0.15) is 18.4 Å². The first-order valence-corrected chi connectivity index (χ1v) is 17.7. The maximum absolute atomic E-state index is 15.2. The van der Waals surface area contributed by atoms with Gasteiger partial charge in [-0.1, -0.05) is 104 Å². The Morgan fingerprint density at radius 1 is 0.872 bits per heavy atom. The number of hydrogen-bond donors (Lipinski definition) is 1. The number of sulfonamides is 1. The second-order valence-corrected chi connectivity index (χ2v) is 14.1. The molecule has 0 aliphatic heterocycles. The van der Waals surface area contributed by atoms with Gasteiger partial charge in [-0.3, -0.25) is 13.9 Å². The molecule has 47 heavy (non-hydrogen) atoms. The summed E-state index contributed by atoms with van der Waals surface area (Å²) in [5.74, 6) is -1.55. The molecule has 1 unspecified atom stereocenters. The number of anilines is 1. The molecular weight excluding hydrogens is 637 g/mol. The maximum Gasteiger partial charge on any atom is 0.264 e. The fraction of sp³-hybridized carbons (Fsp3) is 0.297. The van der Waals surface area contributed by atoms with Gasteiger partial charge in [-0.2, -0.15) is 0 Å². The predicted molar refractivity (Wildman–Crippen MR) is 183 cm³/mol. The molecule has 4 aromatic rings. The molecule has 1 N–H and O–H groups in total. The number of carbonyl (C=O) groups excluding carboxylic acids is 2. The summed E-state index contributed by atoms with van der Waals surface area (Å²) < 4.78 is 44.6. The smallest absolute Gasteiger partial charge is 0.264 e. The molecule has 1 fully saturated rings. The van der Waals surface area contributed by atoms with Crippen LogP contribution in [0.15, 0.2) is 108 Å². The van der Waals surface area contributed by atoms with E-state index in [1.54, 1.807) is 61.5 Å². The molecule has 0 aromatic heterocycles. The van der Waals surface area contributed by atoms with Gasteiger partial charge in [-0.05, 0) is 61.2 Å². The third-order valence-electron chi connectivity index (χ3n) is 8.64. The van der Waals surface area contributed by atoms with Crippen molar-refractivity contribution < 1.29 is 22.4 Å². The van der Waals surface area contributed by atoms with Crippen LogP contribution in [0.3, 0.4) is 0 Å². The summed E-state index contributed by atoms with van der Waals surface area (Å²) in [6.45, 7) is 0.798. The monoisotopic (exact) mass is 675 g/mol. The van der Waals surface area contributed by atoms with E-state index in [1.165, 1.54) is 23.1 Å². The van der Waals surface area contributed by atoms with E-state index >= 15 is 4.39 Å². The van der Waals surface area contributed by atoms with Crippen LogP contribution < -0.4 is 9.62 Å². The normalized spacial score (nSPS) is 14.3. The lowest BCUT2D eigenvalue weighted by Crippen LogP contribution is -2.55. The first-order chi connectivity index (χ1) is 22.6. The molecule has 1 saturated carbocycles. The number of halogens is 2. The summed E-state index contributed by atoms with van der Waals surface area (Å²) in [7, 11) is -4.28. The van der Waals surface area contributed by atoms with Crippen LogP contribution in [0.5, 0.6) is 0 Å². The van der Waals surface area contributed by atoms with Gasteiger partial charge in [0, 0.05) is 29.6 Å². The number of benzene rings is 4. The Kier molecular flexibility index (Phi) is 11.3. The highest BCUT2D eigenvalue weighted by Gasteiger charge is 2.36. The van der Waals surface area contributed by atoms with Crippen molar-refractivity contribution >= 4 is 39.1 Å². The predicted octanol–water partition coefficient (Wildman–Crippen LogP) is 7.07. The highest BCUT2D eigenvalue weighted by atomic mass is 35.5. The molecule has 10 heteroatoms. The van der Waals surface area contributed by atoms with Crippen LogP contribution in [0.1, 0.15) is 48.8 Å². The number of hydrogen-bond acceptors (Lipinski definition) is 4. The molecule has 2 amide bonds. The van der Waals surface area contributed by atoms with Crippen LogP contribution >= 0.6 is 11.6 Å². The zero-order chi connectivity index (χ0) is 33.4. The van der Waals surface area contributed by atoms with Gasteiger partial charge in [-0.25, -0.2) is 12.8 Å². The molecule has 246 valence electrons. The minimum atomic E-state index is -4.28. The van der Waals surface area contributed by atoms with Crippen LogP contribution in [0.2, 0.25) is 5.02 Å². The lowest BCUT2D eigenvalue weighted by molar-refractivity contribution is -0.140. The Balaban J connectivity index is 1.59. The minimum Gasteiger partial charge on any atom is -0.352 e. The number of carbonyl (C=O) groups is 2. The standard InChI is InChI=1S/C37H39ClFN3O4S/c1-27-32(38)21-13-23-34(27)42(47(45,46)31-19-9-4-10-20-31)26-36(43)41(25-29-16-11-12-22-33(29)39)35(24-28-14-5-2-6-15-28)37(44)40-30-17-7-3-8-18-30/h2,4-6,9-16,19-23,30,35H,3,7-8,17-18,24-26H2,1H3,(H,40,44). The van der Waals surface area contributed by atoms with Gasteiger partial charge >= 0.3 is 0 Å². The zero-order valence-corrected chi connectivity index (χ0v) is 27.9. The van der Waals surface area contributed by atoms with Crippen LogP contribution in [0.4, 0.5) is 10.1 Å². The van der Waals surface area contributed by atoms with Crippen LogP contribution in [0, 0.1) is 12.7 Å². The fourth-order valence-corrected chi connectivity index (χ4v) is 7.67. The van der Waals surface area contributed by atoms with Crippen molar-refractivity contribution in [2.24, 2.45) is 0 Å². The highest BCUT2D eigenvalue weighted by Crippen LogP contribution is 2.31. The number of amides is 2. The molecule has 0 heterocycles. The average molecular weight is 676 g/mol. The molecule has 1 aliphatic carbocycles. The zero-order valence-electron chi connectivity index (χ0n) is 26.3. The first kappa shape index (κ1) is 34.1. The summed E-state index contributed by atoms with van der Waals surface area (Å²) in [5.41, 5.74) is 1.72. The Labute approximate surface area is 281 Å². The quantitative estimate of drug-likeness (QED) is 0.174. The van der Waals surface area contributed by atoms with Crippen molar-refractivity contribution in [2.75, 3.05) is 10.8 Å². The first-order valence-electron chi connectivity index (χ1n) is 15.8. The molecule has 1 aliphatic rings. The van der Waals surface area contributed by atoms with Crippen LogP contribution in [-0.4, -0.2) is 43.8 Å². The molecule has 4 aromatic carbocycles. The van der Waals surface area contributed by atoms with Crippen molar-refractivity contribution in [1.82, 2.24) is 10.2 Å². The SMILES string of the molecule is Cc1c(Cl)cccc1N(CC(=O)N(Cc1ccccc1F)C(Cc1ccccc1)C(=O)NC1CCCCC1)S(=O)(=O)c1ccccc1. The fourth-order valence-electron chi connectivity index (χ4n) is 6.01. The highest BCUT2D eigenvalue weighted by molar-refractivity contribution is 7.92. The summed E-state index contributed by atoms with van der Waals surface area (Å²) in [4.78, 5) is 30.1. The van der Waals surface area contributed by atoms with Gasteiger partial charge in [-0.15, -0.1) is 0 Å². The van der Waals surface area contributed by atoms with E-state index in [1.807, 2.05) is 30.3 Å². The van der Waals surface area contributed by atoms with Gasteiger partial charge in [0.15, 0.2) is 0 Å². The van der Waals surface area contributed by atoms with Crippen molar-refractivity contribution in [3.05, 3.63) is 131 Å². The van der Waals surface area contributed by atoms with Crippen molar-refractivity contribution in [1.29, 1.82) is 0 Å². The van der Waals surface area contributed by atoms with Gasteiger partial charge in [0.05, 0.1) is 10.6 Å². The van der Waals surface area contributed by atoms with E-state index in [0.29, 0.717) is 10.6 Å². The topological polar surface area (TPSA) is 86.8 Å². The number of rotatable bonds is 12. The van der Waals surface area contributed by atoms with E-state index in [0.717, 1.165) is 42.0 Å². The van der Waals surface area contributed by atoms with E-state index in [2.05, 4.69) is 5.32 Å². The van der Waals surface area contributed by atoms with Crippen molar-refractivity contribution in [3.63, 3.8) is 0 Å². The Morgan fingerprint density at radius 2 is 1.51 bits per heavy atom. The lowest BCUT2D eigenvalue weighted by Gasteiger charge is -2.35. The van der Waals surface area contributed by atoms with Crippen molar-refractivity contribution in [3.8, 4) is 0 Å². The van der Waals surface area contributed by atoms with E-state index in [9.17, 15) is 18.0 Å². The van der Waals surface area contributed by atoms with E-state index in [4.69, 9.17) is 11.6 Å². The van der Waals surface area contributed by atoms with Gasteiger partial charge in [0.2, 0.25) is 11.8 Å². The van der Waals surface area contributed by atoms with Gasteiger partial charge < -0.3 is 10.2 Å². The van der Waals surface area contributed by atoms with E-state index < -0.39 is 34.3 Å². The molecule has 1 atom stereocenters. The maximum atomic E-state index is 15.2. The number of nitrogens with zero attached hydrogens (tertiary/aromatic N) is 2. The lowest BCUT2D eigenvalue weighted by atomic mass is 9.94. The van der Waals surface area contributed by atoms with Crippen molar-refractivity contribution in [2.45, 2.75) is 69.0 Å². The molecule has 0 radical (unpaired) electrons. The summed E-state index contributed by atoms with van der Waals surface area (Å²) in [5, 5.41) is 3.49. The average Bonchev–Trinajstić information content (AvgIpc) is 3.08. The minimum absolute atomic E-state index is 0.0105. The number of nitrogens with one attached hydrogen (secondary N) is 1. The third kappa shape index (κ3) is 8.39. The third-order valence-corrected chi connectivity index (χ3v) is 10.8. The Hall–Kier alpha value is -4.21. The second kappa shape index (κ2) is 15.6. The largest absolute Gasteiger partial charge is 0.352 e. The Morgan fingerprint density at radius 3 is 2.19 bits per heavy atom. The van der Waals surface area contributed by atoms with E-state index in [-0.39, 0.29) is 41.1 Å². The molecular formula is C37H39ClFN3O4S. The second-order valence-electron chi connectivity index (χ2n) is 11.9. The molecule has 0 spiro atoms. The van der Waals surface area contributed by atoms with Gasteiger partial charge in [0.25, 0.3) is 10.0 Å². The molecule has 5 rings (SSSR count).